The lowest BCUT2D eigenvalue weighted by Crippen LogP contribution is -2.38. The second-order valence-electron chi connectivity index (χ2n) is 4.06. The van der Waals surface area contributed by atoms with E-state index >= 15 is 0 Å². The molecule has 0 spiro atoms. The summed E-state index contributed by atoms with van der Waals surface area (Å²) in [6, 6.07) is 6.68. The quantitative estimate of drug-likeness (QED) is 0.451. The first-order valence-electron chi connectivity index (χ1n) is 6.52. The van der Waals surface area contributed by atoms with E-state index in [2.05, 4.69) is 15.6 Å². The van der Waals surface area contributed by atoms with Crippen molar-refractivity contribution in [3.05, 3.63) is 35.6 Å². The third kappa shape index (κ3) is 6.20. The number of hydrogen-bond donors (Lipinski definition) is 2. The van der Waals surface area contributed by atoms with Crippen LogP contribution in [0.15, 0.2) is 29.3 Å². The number of nitrogens with zero attached hydrogens (tertiary/aromatic N) is 1. The summed E-state index contributed by atoms with van der Waals surface area (Å²) in [5.41, 5.74) is 0.594. The Morgan fingerprint density at radius 2 is 2.11 bits per heavy atom. The van der Waals surface area contributed by atoms with E-state index in [9.17, 15) is 4.39 Å². The fourth-order valence-corrected chi connectivity index (χ4v) is 1.56. The van der Waals surface area contributed by atoms with Crippen molar-refractivity contribution in [1.82, 2.24) is 10.6 Å². The van der Waals surface area contributed by atoms with E-state index < -0.39 is 0 Å². The second kappa shape index (κ2) is 9.33. The minimum absolute atomic E-state index is 0.221. The molecule has 1 rings (SSSR count). The summed E-state index contributed by atoms with van der Waals surface area (Å²) >= 11 is 0. The number of benzene rings is 1. The Hall–Kier alpha value is -1.62. The number of halogens is 1. The van der Waals surface area contributed by atoms with E-state index in [0.717, 1.165) is 19.5 Å². The summed E-state index contributed by atoms with van der Waals surface area (Å²) in [6.07, 6.45) is 0.903. The van der Waals surface area contributed by atoms with Gasteiger partial charge in [0, 0.05) is 32.4 Å². The van der Waals surface area contributed by atoms with E-state index in [0.29, 0.717) is 24.7 Å². The van der Waals surface area contributed by atoms with Gasteiger partial charge in [0.05, 0.1) is 6.54 Å². The van der Waals surface area contributed by atoms with Gasteiger partial charge in [-0.3, -0.25) is 0 Å². The van der Waals surface area contributed by atoms with Crippen molar-refractivity contribution >= 4 is 5.96 Å². The minimum Gasteiger partial charge on any atom is -0.385 e. The molecule has 0 bridgehead atoms. The third-order valence-electron chi connectivity index (χ3n) is 2.53. The summed E-state index contributed by atoms with van der Waals surface area (Å²) in [4.78, 5) is 4.36. The highest BCUT2D eigenvalue weighted by Gasteiger charge is 2.01. The molecule has 0 aromatic heterocycles. The Morgan fingerprint density at radius 1 is 1.32 bits per heavy atom. The van der Waals surface area contributed by atoms with Crippen molar-refractivity contribution in [1.29, 1.82) is 0 Å². The molecule has 0 amide bonds. The highest BCUT2D eigenvalue weighted by molar-refractivity contribution is 5.79. The molecule has 0 saturated carbocycles. The number of methoxy groups -OCH3 is 1. The summed E-state index contributed by atoms with van der Waals surface area (Å²) in [5, 5.41) is 6.31. The van der Waals surface area contributed by atoms with Gasteiger partial charge in [-0.1, -0.05) is 18.2 Å². The molecule has 0 saturated heterocycles. The normalized spacial score (nSPS) is 11.4. The van der Waals surface area contributed by atoms with Gasteiger partial charge in [0.2, 0.25) is 0 Å². The average Bonchev–Trinajstić information content (AvgIpc) is 2.42. The van der Waals surface area contributed by atoms with Crippen molar-refractivity contribution in [2.24, 2.45) is 4.99 Å². The summed E-state index contributed by atoms with van der Waals surface area (Å²) in [6.45, 7) is 4.58. The number of ether oxygens (including phenoxy) is 1. The molecule has 0 aliphatic heterocycles. The smallest absolute Gasteiger partial charge is 0.191 e. The zero-order valence-electron chi connectivity index (χ0n) is 11.6. The van der Waals surface area contributed by atoms with Crippen molar-refractivity contribution in [2.45, 2.75) is 19.9 Å². The van der Waals surface area contributed by atoms with Crippen molar-refractivity contribution < 1.29 is 9.13 Å². The van der Waals surface area contributed by atoms with Crippen LogP contribution in [0.25, 0.3) is 0 Å². The number of rotatable bonds is 7. The first-order valence-corrected chi connectivity index (χ1v) is 6.52. The van der Waals surface area contributed by atoms with E-state index in [1.807, 2.05) is 13.0 Å². The molecule has 1 aromatic rings. The number of hydrogen-bond acceptors (Lipinski definition) is 2. The van der Waals surface area contributed by atoms with Crippen LogP contribution < -0.4 is 10.6 Å². The first kappa shape index (κ1) is 15.4. The fraction of sp³-hybridized carbons (Fsp3) is 0.500. The minimum atomic E-state index is -0.221. The molecule has 2 N–H and O–H groups in total. The molecular weight excluding hydrogens is 245 g/mol. The number of guanidine groups is 1. The van der Waals surface area contributed by atoms with Gasteiger partial charge in [-0.2, -0.15) is 0 Å². The molecule has 19 heavy (non-hydrogen) atoms. The second-order valence-corrected chi connectivity index (χ2v) is 4.06. The van der Waals surface area contributed by atoms with Gasteiger partial charge in [-0.05, 0) is 19.4 Å². The molecule has 0 fully saturated rings. The largest absolute Gasteiger partial charge is 0.385 e. The topological polar surface area (TPSA) is 45.7 Å². The highest BCUT2D eigenvalue weighted by atomic mass is 19.1. The lowest BCUT2D eigenvalue weighted by Gasteiger charge is -2.11. The van der Waals surface area contributed by atoms with E-state index in [1.165, 1.54) is 6.07 Å². The molecule has 4 nitrogen and oxygen atoms in total. The maximum Gasteiger partial charge on any atom is 0.191 e. The molecule has 0 radical (unpaired) electrons. The maximum absolute atomic E-state index is 13.5. The molecule has 1 aromatic carbocycles. The Bertz CT molecular complexity index is 396. The van der Waals surface area contributed by atoms with Crippen LogP contribution in [-0.2, 0) is 11.3 Å². The van der Waals surface area contributed by atoms with E-state index in [4.69, 9.17) is 4.74 Å². The van der Waals surface area contributed by atoms with Crippen LogP contribution in [-0.4, -0.2) is 32.8 Å². The van der Waals surface area contributed by atoms with Gasteiger partial charge in [-0.25, -0.2) is 9.38 Å². The molecule has 0 heterocycles. The van der Waals surface area contributed by atoms with Gasteiger partial charge in [-0.15, -0.1) is 0 Å². The third-order valence-corrected chi connectivity index (χ3v) is 2.53. The zero-order chi connectivity index (χ0) is 13.9. The van der Waals surface area contributed by atoms with Crippen molar-refractivity contribution in [3.63, 3.8) is 0 Å². The first-order chi connectivity index (χ1) is 9.27. The van der Waals surface area contributed by atoms with Crippen LogP contribution in [0.4, 0.5) is 4.39 Å². The molecule has 106 valence electrons. The molecule has 0 aliphatic carbocycles. The molecule has 0 atom stereocenters. The lowest BCUT2D eigenvalue weighted by molar-refractivity contribution is 0.195. The summed E-state index contributed by atoms with van der Waals surface area (Å²) in [7, 11) is 1.68. The Kier molecular flexibility index (Phi) is 7.58. The van der Waals surface area contributed by atoms with Gasteiger partial charge in [0.15, 0.2) is 5.96 Å². The van der Waals surface area contributed by atoms with Crippen LogP contribution in [0.3, 0.4) is 0 Å². The number of nitrogens with one attached hydrogen (secondary N) is 2. The fourth-order valence-electron chi connectivity index (χ4n) is 1.56. The van der Waals surface area contributed by atoms with Crippen LogP contribution >= 0.6 is 0 Å². The van der Waals surface area contributed by atoms with Gasteiger partial charge >= 0.3 is 0 Å². The monoisotopic (exact) mass is 267 g/mol. The molecular formula is C14H22FN3O. The standard InChI is InChI=1S/C14H22FN3O/c1-3-16-14(17-9-6-10-19-2)18-11-12-7-4-5-8-13(12)15/h4-5,7-8H,3,6,9-11H2,1-2H3,(H2,16,17,18). The SMILES string of the molecule is CCNC(=NCc1ccccc1F)NCCCOC. The Balaban J connectivity index is 2.50. The van der Waals surface area contributed by atoms with Gasteiger partial charge < -0.3 is 15.4 Å². The highest BCUT2D eigenvalue weighted by Crippen LogP contribution is 2.07. The molecule has 0 unspecified atom stereocenters. The molecule has 5 heteroatoms. The predicted molar refractivity (Wildman–Crippen MR) is 75.7 cm³/mol. The van der Waals surface area contributed by atoms with Crippen molar-refractivity contribution in [3.8, 4) is 0 Å². The van der Waals surface area contributed by atoms with E-state index in [-0.39, 0.29) is 5.82 Å². The van der Waals surface area contributed by atoms with Crippen LogP contribution in [0.2, 0.25) is 0 Å². The molecule has 0 aliphatic rings. The summed E-state index contributed by atoms with van der Waals surface area (Å²) < 4.78 is 18.4. The van der Waals surface area contributed by atoms with E-state index in [1.54, 1.807) is 19.2 Å². The van der Waals surface area contributed by atoms with Crippen molar-refractivity contribution in [2.75, 3.05) is 26.8 Å². The van der Waals surface area contributed by atoms with Crippen LogP contribution in [0, 0.1) is 5.82 Å². The predicted octanol–water partition coefficient (Wildman–Crippen LogP) is 1.92. The number of aliphatic imine (C=N–C) groups is 1. The zero-order valence-corrected chi connectivity index (χ0v) is 11.6. The summed E-state index contributed by atoms with van der Waals surface area (Å²) in [5.74, 6) is 0.475. The van der Waals surface area contributed by atoms with Crippen LogP contribution in [0.1, 0.15) is 18.9 Å². The lowest BCUT2D eigenvalue weighted by atomic mass is 10.2. The van der Waals surface area contributed by atoms with Gasteiger partial charge in [0.1, 0.15) is 5.82 Å². The Morgan fingerprint density at radius 3 is 2.79 bits per heavy atom. The Labute approximate surface area is 114 Å². The average molecular weight is 267 g/mol. The van der Waals surface area contributed by atoms with Crippen LogP contribution in [0.5, 0.6) is 0 Å². The van der Waals surface area contributed by atoms with Gasteiger partial charge in [0.25, 0.3) is 0 Å². The maximum atomic E-state index is 13.5.